The van der Waals surface area contributed by atoms with Crippen molar-refractivity contribution in [3.8, 4) is 6.07 Å². The molecule has 1 aromatic heterocycles. The van der Waals surface area contributed by atoms with Crippen LogP contribution in [-0.2, 0) is 25.2 Å². The molecule has 0 N–H and O–H groups in total. The molecule has 0 aliphatic carbocycles. The van der Waals surface area contributed by atoms with Gasteiger partial charge < -0.3 is 9.47 Å². The summed E-state index contributed by atoms with van der Waals surface area (Å²) >= 11 is 0. The number of imide groups is 1. The number of hydrogen-bond donors (Lipinski definition) is 0. The van der Waals surface area contributed by atoms with Crippen LogP contribution in [-0.4, -0.2) is 41.2 Å². The van der Waals surface area contributed by atoms with Gasteiger partial charge in [0.25, 0.3) is 0 Å². The minimum atomic E-state index is -4.85. The number of nitriles is 1. The molecule has 1 aromatic rings. The van der Waals surface area contributed by atoms with E-state index in [0.29, 0.717) is 12.5 Å². The van der Waals surface area contributed by atoms with E-state index >= 15 is 0 Å². The van der Waals surface area contributed by atoms with Crippen LogP contribution < -0.4 is 4.90 Å². The second-order valence-electron chi connectivity index (χ2n) is 7.69. The van der Waals surface area contributed by atoms with Crippen molar-refractivity contribution in [1.82, 2.24) is 4.98 Å². The number of pyridine rings is 1. The fourth-order valence-corrected chi connectivity index (χ4v) is 4.95. The molecular weight excluding hydrogens is 379 g/mol. The van der Waals surface area contributed by atoms with Gasteiger partial charge >= 0.3 is 6.18 Å². The summed E-state index contributed by atoms with van der Waals surface area (Å²) in [5.41, 5.74) is -4.43. The fraction of sp³-hybridized carbons (Fsp3) is 0.556. The number of fused-ring (bicyclic) bond motifs is 5. The first kappa shape index (κ1) is 18.8. The molecule has 5 atom stereocenters. The summed E-state index contributed by atoms with van der Waals surface area (Å²) in [4.78, 5) is 30.4. The van der Waals surface area contributed by atoms with Gasteiger partial charge in [-0.15, -0.1) is 0 Å². The number of hydrogen-bond acceptors (Lipinski definition) is 6. The highest BCUT2D eigenvalue weighted by molar-refractivity contribution is 6.23. The van der Waals surface area contributed by atoms with Crippen LogP contribution in [0.5, 0.6) is 0 Å². The van der Waals surface area contributed by atoms with Crippen LogP contribution >= 0.6 is 0 Å². The Morgan fingerprint density at radius 1 is 1.32 bits per heavy atom. The van der Waals surface area contributed by atoms with Gasteiger partial charge in [-0.3, -0.25) is 9.59 Å². The van der Waals surface area contributed by atoms with Crippen molar-refractivity contribution >= 4 is 17.5 Å². The molecule has 3 fully saturated rings. The van der Waals surface area contributed by atoms with Gasteiger partial charge in [0.15, 0.2) is 5.69 Å². The van der Waals surface area contributed by atoms with E-state index in [1.807, 2.05) is 0 Å². The SMILES string of the molecule is CO[C@H]1C[C@@]2(C)O[C@@]1(C)[C@@H]1C(=O)N(c3cnc(C#N)c(C(F)(F)F)c3)C(=O)[C@@H]12. The molecular formula is C18H16F3N3O4. The van der Waals surface area contributed by atoms with Crippen LogP contribution in [0.1, 0.15) is 31.5 Å². The summed E-state index contributed by atoms with van der Waals surface area (Å²) in [5, 5.41) is 8.88. The smallest absolute Gasteiger partial charge is 0.378 e. The Labute approximate surface area is 158 Å². The molecule has 4 rings (SSSR count). The van der Waals surface area contributed by atoms with Crippen molar-refractivity contribution < 1.29 is 32.2 Å². The van der Waals surface area contributed by atoms with Crippen molar-refractivity contribution in [3.63, 3.8) is 0 Å². The molecule has 28 heavy (non-hydrogen) atoms. The van der Waals surface area contributed by atoms with Crippen LogP contribution in [0.15, 0.2) is 12.3 Å². The Bertz CT molecular complexity index is 943. The maximum atomic E-state index is 13.3. The average Bonchev–Trinajstić information content (AvgIpc) is 3.14. The first-order chi connectivity index (χ1) is 13.0. The molecule has 7 nitrogen and oxygen atoms in total. The summed E-state index contributed by atoms with van der Waals surface area (Å²) < 4.78 is 51.3. The van der Waals surface area contributed by atoms with Crippen molar-refractivity contribution in [2.75, 3.05) is 12.0 Å². The van der Waals surface area contributed by atoms with E-state index in [1.54, 1.807) is 13.8 Å². The Balaban J connectivity index is 1.80. The first-order valence-electron chi connectivity index (χ1n) is 8.56. The molecule has 3 aliphatic heterocycles. The minimum absolute atomic E-state index is 0.309. The van der Waals surface area contributed by atoms with Crippen LogP contribution in [0, 0.1) is 23.2 Å². The van der Waals surface area contributed by atoms with Gasteiger partial charge in [0.2, 0.25) is 11.8 Å². The largest absolute Gasteiger partial charge is 0.419 e. The Hall–Kier alpha value is -2.51. The van der Waals surface area contributed by atoms with Gasteiger partial charge in [0.1, 0.15) is 11.7 Å². The number of methoxy groups -OCH3 is 1. The second-order valence-corrected chi connectivity index (χ2v) is 7.69. The van der Waals surface area contributed by atoms with Gasteiger partial charge in [0.05, 0.1) is 41.0 Å². The molecule has 2 amide bonds. The first-order valence-corrected chi connectivity index (χ1v) is 8.56. The van der Waals surface area contributed by atoms with E-state index in [-0.39, 0.29) is 5.69 Å². The van der Waals surface area contributed by atoms with Gasteiger partial charge in [-0.1, -0.05) is 0 Å². The van der Waals surface area contributed by atoms with Crippen molar-refractivity contribution in [3.05, 3.63) is 23.5 Å². The predicted octanol–water partition coefficient (Wildman–Crippen LogP) is 2.04. The third-order valence-corrected chi connectivity index (χ3v) is 6.09. The standard InChI is InChI=1S/C18H16F3N3O4/c1-16-5-11(27-3)17(2,28-16)13-12(16)14(25)24(15(13)26)8-4-9(18(19,20)21)10(6-22)23-7-8/h4,7,11-13H,5H2,1-3H3/t11-,12+,13-,16+,17+/m0/s1. The van der Waals surface area contributed by atoms with E-state index in [2.05, 4.69) is 4.98 Å². The van der Waals surface area contributed by atoms with Gasteiger partial charge in [-0.05, 0) is 19.9 Å². The summed E-state index contributed by atoms with van der Waals surface area (Å²) in [6.07, 6.45) is -3.93. The summed E-state index contributed by atoms with van der Waals surface area (Å²) in [7, 11) is 1.48. The minimum Gasteiger partial charge on any atom is -0.378 e. The number of carbonyl (C=O) groups is 2. The van der Waals surface area contributed by atoms with Crippen molar-refractivity contribution in [1.29, 1.82) is 5.26 Å². The monoisotopic (exact) mass is 395 g/mol. The van der Waals surface area contributed by atoms with Gasteiger partial charge in [-0.2, -0.15) is 18.4 Å². The number of halogens is 3. The maximum absolute atomic E-state index is 13.3. The quantitative estimate of drug-likeness (QED) is 0.712. The van der Waals surface area contributed by atoms with Crippen LogP contribution in [0.25, 0.3) is 0 Å². The van der Waals surface area contributed by atoms with E-state index in [0.717, 1.165) is 11.1 Å². The van der Waals surface area contributed by atoms with Crippen molar-refractivity contribution in [2.45, 2.75) is 43.8 Å². The molecule has 0 unspecified atom stereocenters. The molecule has 0 spiro atoms. The molecule has 4 heterocycles. The average molecular weight is 395 g/mol. The zero-order chi connectivity index (χ0) is 20.6. The van der Waals surface area contributed by atoms with E-state index in [1.165, 1.54) is 13.2 Å². The normalized spacial score (nSPS) is 36.8. The van der Waals surface area contributed by atoms with Gasteiger partial charge in [0, 0.05) is 13.5 Å². The molecule has 0 radical (unpaired) electrons. The van der Waals surface area contributed by atoms with Crippen LogP contribution in [0.4, 0.5) is 18.9 Å². The second kappa shape index (κ2) is 5.52. The lowest BCUT2D eigenvalue weighted by Gasteiger charge is -2.34. The Kier molecular flexibility index (Phi) is 3.71. The maximum Gasteiger partial charge on any atom is 0.419 e. The fourth-order valence-electron chi connectivity index (χ4n) is 4.95. The number of amides is 2. The van der Waals surface area contributed by atoms with Crippen LogP contribution in [0.2, 0.25) is 0 Å². The number of alkyl halides is 3. The van der Waals surface area contributed by atoms with Crippen molar-refractivity contribution in [2.24, 2.45) is 11.8 Å². The molecule has 3 aliphatic rings. The summed E-state index contributed by atoms with van der Waals surface area (Å²) in [6.45, 7) is 3.39. The Morgan fingerprint density at radius 2 is 1.96 bits per heavy atom. The summed E-state index contributed by atoms with van der Waals surface area (Å²) in [6, 6.07) is 1.99. The highest BCUT2D eigenvalue weighted by Crippen LogP contribution is 2.61. The lowest BCUT2D eigenvalue weighted by Crippen LogP contribution is -2.49. The molecule has 10 heteroatoms. The third kappa shape index (κ3) is 2.20. The number of anilines is 1. The highest BCUT2D eigenvalue weighted by atomic mass is 19.4. The topological polar surface area (TPSA) is 92.5 Å². The number of carbonyl (C=O) groups excluding carboxylic acids is 2. The number of rotatable bonds is 2. The zero-order valence-corrected chi connectivity index (χ0v) is 15.2. The Morgan fingerprint density at radius 3 is 2.54 bits per heavy atom. The third-order valence-electron chi connectivity index (χ3n) is 6.09. The number of ether oxygens (including phenoxy) is 2. The number of nitrogens with zero attached hydrogens (tertiary/aromatic N) is 3. The van der Waals surface area contributed by atoms with Gasteiger partial charge in [-0.25, -0.2) is 9.88 Å². The molecule has 0 aromatic carbocycles. The zero-order valence-electron chi connectivity index (χ0n) is 15.2. The number of aromatic nitrogens is 1. The lowest BCUT2D eigenvalue weighted by atomic mass is 9.67. The molecule has 2 bridgehead atoms. The lowest BCUT2D eigenvalue weighted by molar-refractivity contribution is -0.138. The molecule has 0 saturated carbocycles. The van der Waals surface area contributed by atoms with Crippen LogP contribution in [0.3, 0.4) is 0 Å². The van der Waals surface area contributed by atoms with E-state index in [9.17, 15) is 22.8 Å². The summed E-state index contributed by atoms with van der Waals surface area (Å²) in [5.74, 6) is -2.96. The van der Waals surface area contributed by atoms with E-state index in [4.69, 9.17) is 14.7 Å². The van der Waals surface area contributed by atoms with E-state index < -0.39 is 58.4 Å². The molecule has 148 valence electrons. The predicted molar refractivity (Wildman–Crippen MR) is 86.7 cm³/mol. The molecule has 3 saturated heterocycles. The highest BCUT2D eigenvalue weighted by Gasteiger charge is 2.76.